The van der Waals surface area contributed by atoms with Gasteiger partial charge in [0.05, 0.1) is 13.2 Å². The minimum Gasteiger partial charge on any atom is -0.380 e. The summed E-state index contributed by atoms with van der Waals surface area (Å²) in [5, 5.41) is 0. The van der Waals surface area contributed by atoms with Gasteiger partial charge in [-0.25, -0.2) is 0 Å². The Hall–Kier alpha value is -1.10. The minimum absolute atomic E-state index is 0.213. The molecule has 2 nitrogen and oxygen atoms in total. The third-order valence-corrected chi connectivity index (χ3v) is 2.19. The smallest absolute Gasteiger partial charge is 0.380 e. The van der Waals surface area contributed by atoms with E-state index in [1.54, 1.807) is 0 Å². The fourth-order valence-corrected chi connectivity index (χ4v) is 1.24. The lowest BCUT2D eigenvalue weighted by atomic mass is 9.99. The molecule has 2 rings (SSSR count). The Morgan fingerprint density at radius 3 is 2.36 bits per heavy atom. The van der Waals surface area contributed by atoms with Crippen molar-refractivity contribution in [3.05, 3.63) is 29.6 Å². The molecular weight excluding hydrogens is 195 g/mol. The molecule has 1 aliphatic heterocycles. The quantitative estimate of drug-likeness (QED) is 0.698. The van der Waals surface area contributed by atoms with Crippen LogP contribution in [0.1, 0.15) is 17.2 Å². The number of rotatable bonds is 1. The van der Waals surface area contributed by atoms with E-state index in [2.05, 4.69) is 4.98 Å². The van der Waals surface area contributed by atoms with Crippen molar-refractivity contribution < 1.29 is 17.9 Å². The molecule has 0 unspecified atom stereocenters. The summed E-state index contributed by atoms with van der Waals surface area (Å²) in [5.74, 6) is 0.213. The van der Waals surface area contributed by atoms with Crippen molar-refractivity contribution >= 4 is 0 Å². The number of nitrogens with zero attached hydrogens (tertiary/aromatic N) is 1. The zero-order valence-electron chi connectivity index (χ0n) is 7.21. The number of pyridine rings is 1. The van der Waals surface area contributed by atoms with E-state index in [4.69, 9.17) is 4.74 Å². The molecular formula is C9H8F3NO. The second kappa shape index (κ2) is 3.24. The standard InChI is InChI=1S/C9H8F3NO/c10-9(11,12)8-2-1-6(3-13-8)7-4-14-5-7/h1-3,7H,4-5H2. The predicted molar refractivity (Wildman–Crippen MR) is 42.8 cm³/mol. The Balaban J connectivity index is 2.17. The molecule has 1 fully saturated rings. The summed E-state index contributed by atoms with van der Waals surface area (Å²) in [6, 6.07) is 2.47. The van der Waals surface area contributed by atoms with Gasteiger partial charge in [0.2, 0.25) is 0 Å². The van der Waals surface area contributed by atoms with E-state index in [1.807, 2.05) is 0 Å². The third kappa shape index (κ3) is 1.72. The van der Waals surface area contributed by atoms with Crippen LogP contribution in [-0.2, 0) is 10.9 Å². The van der Waals surface area contributed by atoms with E-state index in [1.165, 1.54) is 12.3 Å². The van der Waals surface area contributed by atoms with Crippen LogP contribution in [0.25, 0.3) is 0 Å². The number of alkyl halides is 3. The first kappa shape index (κ1) is 9.45. The largest absolute Gasteiger partial charge is 0.433 e. The number of halogens is 3. The normalized spacial score (nSPS) is 17.9. The predicted octanol–water partition coefficient (Wildman–Crippen LogP) is 2.21. The van der Waals surface area contributed by atoms with Gasteiger partial charge in [0.15, 0.2) is 0 Å². The van der Waals surface area contributed by atoms with Gasteiger partial charge < -0.3 is 4.74 Å². The molecule has 76 valence electrons. The molecule has 0 atom stereocenters. The fraction of sp³-hybridized carbons (Fsp3) is 0.444. The maximum absolute atomic E-state index is 12.1. The molecule has 14 heavy (non-hydrogen) atoms. The van der Waals surface area contributed by atoms with Crippen molar-refractivity contribution in [1.29, 1.82) is 0 Å². The van der Waals surface area contributed by atoms with Crippen LogP contribution in [-0.4, -0.2) is 18.2 Å². The highest BCUT2D eigenvalue weighted by atomic mass is 19.4. The van der Waals surface area contributed by atoms with Crippen LogP contribution in [0.4, 0.5) is 13.2 Å². The van der Waals surface area contributed by atoms with Crippen LogP contribution in [0.15, 0.2) is 18.3 Å². The van der Waals surface area contributed by atoms with Crippen molar-refractivity contribution in [1.82, 2.24) is 4.98 Å². The number of hydrogen-bond donors (Lipinski definition) is 0. The molecule has 5 heteroatoms. The Morgan fingerprint density at radius 1 is 1.29 bits per heavy atom. The summed E-state index contributed by atoms with van der Waals surface area (Å²) in [6.07, 6.45) is -3.08. The third-order valence-electron chi connectivity index (χ3n) is 2.19. The summed E-state index contributed by atoms with van der Waals surface area (Å²) >= 11 is 0. The lowest BCUT2D eigenvalue weighted by Gasteiger charge is -2.26. The van der Waals surface area contributed by atoms with Gasteiger partial charge in [0.1, 0.15) is 5.69 Å². The first-order chi connectivity index (χ1) is 6.57. The summed E-state index contributed by atoms with van der Waals surface area (Å²) in [4.78, 5) is 3.37. The SMILES string of the molecule is FC(F)(F)c1ccc(C2COC2)cn1. The van der Waals surface area contributed by atoms with Crippen molar-refractivity contribution in [2.75, 3.05) is 13.2 Å². The van der Waals surface area contributed by atoms with Crippen molar-refractivity contribution in [2.24, 2.45) is 0 Å². The Labute approximate surface area is 78.7 Å². The monoisotopic (exact) mass is 203 g/mol. The van der Waals surface area contributed by atoms with Crippen LogP contribution in [0.2, 0.25) is 0 Å². The van der Waals surface area contributed by atoms with Gasteiger partial charge in [0, 0.05) is 12.1 Å². The molecule has 2 heterocycles. The molecule has 0 radical (unpaired) electrons. The zero-order chi connectivity index (χ0) is 10.2. The van der Waals surface area contributed by atoms with E-state index >= 15 is 0 Å². The molecule has 0 bridgehead atoms. The van der Waals surface area contributed by atoms with Gasteiger partial charge in [-0.2, -0.15) is 13.2 Å². The molecule has 0 amide bonds. The van der Waals surface area contributed by atoms with E-state index in [9.17, 15) is 13.2 Å². The molecule has 1 aliphatic rings. The molecule has 1 saturated heterocycles. The maximum Gasteiger partial charge on any atom is 0.433 e. The summed E-state index contributed by atoms with van der Waals surface area (Å²) in [6.45, 7) is 1.15. The molecule has 0 aliphatic carbocycles. The number of ether oxygens (including phenoxy) is 1. The maximum atomic E-state index is 12.1. The van der Waals surface area contributed by atoms with Crippen LogP contribution >= 0.6 is 0 Å². The topological polar surface area (TPSA) is 22.1 Å². The van der Waals surface area contributed by atoms with E-state index in [-0.39, 0.29) is 5.92 Å². The van der Waals surface area contributed by atoms with Gasteiger partial charge in [-0.1, -0.05) is 6.07 Å². The van der Waals surface area contributed by atoms with Gasteiger partial charge in [-0.05, 0) is 11.6 Å². The molecule has 1 aromatic heterocycles. The highest BCUT2D eigenvalue weighted by Gasteiger charge is 2.32. The van der Waals surface area contributed by atoms with E-state index in [0.717, 1.165) is 11.6 Å². The van der Waals surface area contributed by atoms with Crippen LogP contribution in [0.3, 0.4) is 0 Å². The van der Waals surface area contributed by atoms with Crippen LogP contribution in [0.5, 0.6) is 0 Å². The van der Waals surface area contributed by atoms with E-state index in [0.29, 0.717) is 13.2 Å². The fourth-order valence-electron chi connectivity index (χ4n) is 1.24. The molecule has 1 aromatic rings. The first-order valence-corrected chi connectivity index (χ1v) is 4.18. The Kier molecular flexibility index (Phi) is 2.19. The lowest BCUT2D eigenvalue weighted by molar-refractivity contribution is -0.141. The molecule has 0 aromatic carbocycles. The number of hydrogen-bond acceptors (Lipinski definition) is 2. The zero-order valence-corrected chi connectivity index (χ0v) is 7.21. The Bertz CT molecular complexity index is 316. The number of aromatic nitrogens is 1. The van der Waals surface area contributed by atoms with Crippen LogP contribution in [0, 0.1) is 0 Å². The van der Waals surface area contributed by atoms with Gasteiger partial charge >= 0.3 is 6.18 Å². The first-order valence-electron chi connectivity index (χ1n) is 4.18. The van der Waals surface area contributed by atoms with Crippen LogP contribution < -0.4 is 0 Å². The van der Waals surface area contributed by atoms with Crippen molar-refractivity contribution in [2.45, 2.75) is 12.1 Å². The molecule has 0 N–H and O–H groups in total. The molecule has 0 saturated carbocycles. The van der Waals surface area contributed by atoms with E-state index < -0.39 is 11.9 Å². The van der Waals surface area contributed by atoms with Gasteiger partial charge in [-0.3, -0.25) is 4.98 Å². The summed E-state index contributed by atoms with van der Waals surface area (Å²) in [7, 11) is 0. The second-order valence-electron chi connectivity index (χ2n) is 3.21. The highest BCUT2D eigenvalue weighted by Crippen LogP contribution is 2.29. The van der Waals surface area contributed by atoms with Gasteiger partial charge in [0.25, 0.3) is 0 Å². The Morgan fingerprint density at radius 2 is 2.00 bits per heavy atom. The summed E-state index contributed by atoms with van der Waals surface area (Å²) in [5.41, 5.74) is -0.0364. The second-order valence-corrected chi connectivity index (χ2v) is 3.21. The average molecular weight is 203 g/mol. The minimum atomic E-state index is -4.35. The summed E-state index contributed by atoms with van der Waals surface area (Å²) < 4.78 is 41.3. The lowest BCUT2D eigenvalue weighted by Crippen LogP contribution is -2.25. The van der Waals surface area contributed by atoms with Crippen molar-refractivity contribution in [3.63, 3.8) is 0 Å². The average Bonchev–Trinajstić information content (AvgIpc) is 2.00. The molecule has 0 spiro atoms. The van der Waals surface area contributed by atoms with Gasteiger partial charge in [-0.15, -0.1) is 0 Å². The van der Waals surface area contributed by atoms with Crippen molar-refractivity contribution in [3.8, 4) is 0 Å². The highest BCUT2D eigenvalue weighted by molar-refractivity contribution is 5.21.